The van der Waals surface area contributed by atoms with Crippen LogP contribution in [0.3, 0.4) is 0 Å². The van der Waals surface area contributed by atoms with Gasteiger partial charge in [-0.25, -0.2) is 0 Å². The van der Waals surface area contributed by atoms with Crippen LogP contribution in [0.4, 0.5) is 5.69 Å². The van der Waals surface area contributed by atoms with Gasteiger partial charge in [-0.15, -0.1) is 0 Å². The van der Waals surface area contributed by atoms with Crippen molar-refractivity contribution in [1.82, 2.24) is 0 Å². The number of alkyl halides is 1. The van der Waals surface area contributed by atoms with Gasteiger partial charge in [-0.1, -0.05) is 28.1 Å². The first-order chi connectivity index (χ1) is 6.25. The molecular weight excluding hydrogens is 294 g/mol. The van der Waals surface area contributed by atoms with Crippen LogP contribution in [0.25, 0.3) is 0 Å². The second-order valence-electron chi connectivity index (χ2n) is 2.90. The topological polar surface area (TPSA) is 12.0 Å². The van der Waals surface area contributed by atoms with Gasteiger partial charge in [0.2, 0.25) is 0 Å². The molecule has 0 fully saturated rings. The monoisotopic (exact) mass is 305 g/mol. The fourth-order valence-corrected chi connectivity index (χ4v) is 2.02. The molecule has 0 atom stereocenters. The Morgan fingerprint density at radius 2 is 2.15 bits per heavy atom. The molecule has 0 saturated carbocycles. The molecule has 1 nitrogen and oxygen atoms in total. The molecule has 0 aliphatic heterocycles. The third-order valence-corrected chi connectivity index (χ3v) is 3.06. The first-order valence-electron chi connectivity index (χ1n) is 4.30. The number of anilines is 1. The summed E-state index contributed by atoms with van der Waals surface area (Å²) in [5.41, 5.74) is 2.49. The fourth-order valence-electron chi connectivity index (χ4n) is 1.14. The van der Waals surface area contributed by atoms with Crippen LogP contribution >= 0.6 is 31.9 Å². The van der Waals surface area contributed by atoms with Gasteiger partial charge in [0.15, 0.2) is 0 Å². The number of rotatable bonds is 4. The van der Waals surface area contributed by atoms with Crippen LogP contribution in [0.1, 0.15) is 12.0 Å². The number of halogens is 2. The van der Waals surface area contributed by atoms with Gasteiger partial charge in [0.1, 0.15) is 0 Å². The highest BCUT2D eigenvalue weighted by molar-refractivity contribution is 9.10. The molecule has 13 heavy (non-hydrogen) atoms. The lowest BCUT2D eigenvalue weighted by atomic mass is 10.2. The van der Waals surface area contributed by atoms with E-state index in [0.29, 0.717) is 0 Å². The molecule has 0 amide bonds. The van der Waals surface area contributed by atoms with Gasteiger partial charge in [0.05, 0.1) is 5.69 Å². The van der Waals surface area contributed by atoms with Crippen LogP contribution in [0.15, 0.2) is 22.7 Å². The quantitative estimate of drug-likeness (QED) is 0.656. The summed E-state index contributed by atoms with van der Waals surface area (Å²) in [4.78, 5) is 0. The minimum absolute atomic E-state index is 1.01. The summed E-state index contributed by atoms with van der Waals surface area (Å²) in [6, 6.07) is 6.22. The summed E-state index contributed by atoms with van der Waals surface area (Å²) < 4.78 is 1.14. The van der Waals surface area contributed by atoms with Gasteiger partial charge in [0.25, 0.3) is 0 Å². The first kappa shape index (κ1) is 11.1. The van der Waals surface area contributed by atoms with Gasteiger partial charge in [0, 0.05) is 16.3 Å². The Kier molecular flexibility index (Phi) is 4.81. The number of nitrogens with one attached hydrogen (secondary N) is 1. The Balaban J connectivity index is 2.64. The number of hydrogen-bond acceptors (Lipinski definition) is 1. The first-order valence-corrected chi connectivity index (χ1v) is 6.22. The Morgan fingerprint density at radius 3 is 2.77 bits per heavy atom. The van der Waals surface area contributed by atoms with Crippen molar-refractivity contribution in [3.05, 3.63) is 28.2 Å². The van der Waals surface area contributed by atoms with Gasteiger partial charge in [-0.05, 0) is 40.9 Å². The van der Waals surface area contributed by atoms with E-state index in [4.69, 9.17) is 0 Å². The van der Waals surface area contributed by atoms with Crippen LogP contribution < -0.4 is 5.32 Å². The molecule has 0 radical (unpaired) electrons. The van der Waals surface area contributed by atoms with E-state index in [1.165, 1.54) is 11.3 Å². The van der Waals surface area contributed by atoms with Gasteiger partial charge < -0.3 is 5.32 Å². The summed E-state index contributed by atoms with van der Waals surface area (Å²) in [7, 11) is 0. The molecule has 0 aliphatic rings. The van der Waals surface area contributed by atoms with Crippen molar-refractivity contribution in [3.63, 3.8) is 0 Å². The van der Waals surface area contributed by atoms with Gasteiger partial charge in [-0.2, -0.15) is 0 Å². The van der Waals surface area contributed by atoms with Crippen LogP contribution in [-0.4, -0.2) is 11.9 Å². The van der Waals surface area contributed by atoms with Crippen LogP contribution in [0.2, 0.25) is 0 Å². The standard InChI is InChI=1S/C10H13Br2N/c1-8-4-2-5-9(12)10(8)13-7-3-6-11/h2,4-5,13H,3,6-7H2,1H3. The molecule has 72 valence electrons. The number of hydrogen-bond donors (Lipinski definition) is 1. The highest BCUT2D eigenvalue weighted by Crippen LogP contribution is 2.25. The van der Waals surface area contributed by atoms with E-state index in [2.05, 4.69) is 62.3 Å². The molecular formula is C10H13Br2N. The minimum Gasteiger partial charge on any atom is -0.384 e. The third-order valence-electron chi connectivity index (χ3n) is 1.83. The van der Waals surface area contributed by atoms with E-state index >= 15 is 0 Å². The Hall–Kier alpha value is -0.0200. The zero-order valence-electron chi connectivity index (χ0n) is 7.61. The zero-order valence-corrected chi connectivity index (χ0v) is 10.8. The minimum atomic E-state index is 1.01. The highest BCUT2D eigenvalue weighted by Gasteiger charge is 2.00. The molecule has 0 aliphatic carbocycles. The second kappa shape index (κ2) is 5.66. The Labute approximate surface area is 96.2 Å². The maximum Gasteiger partial charge on any atom is 0.0514 e. The van der Waals surface area contributed by atoms with E-state index in [1.54, 1.807) is 0 Å². The average Bonchev–Trinajstić information content (AvgIpc) is 2.10. The van der Waals surface area contributed by atoms with Crippen LogP contribution in [0.5, 0.6) is 0 Å². The molecule has 1 N–H and O–H groups in total. The summed E-state index contributed by atoms with van der Waals surface area (Å²) in [5, 5.41) is 4.45. The Bertz CT molecular complexity index is 253. The maximum absolute atomic E-state index is 3.52. The van der Waals surface area contributed by atoms with Crippen LogP contribution in [0, 0.1) is 6.92 Å². The summed E-state index contributed by atoms with van der Waals surface area (Å²) in [6.45, 7) is 3.12. The van der Waals surface area contributed by atoms with E-state index < -0.39 is 0 Å². The summed E-state index contributed by atoms with van der Waals surface area (Å²) in [6.07, 6.45) is 1.14. The predicted molar refractivity (Wildman–Crippen MR) is 65.8 cm³/mol. The molecule has 1 aromatic rings. The molecule has 0 saturated heterocycles. The molecule has 0 bridgehead atoms. The van der Waals surface area contributed by atoms with E-state index in [9.17, 15) is 0 Å². The van der Waals surface area contributed by atoms with E-state index in [0.717, 1.165) is 22.8 Å². The number of para-hydroxylation sites is 1. The SMILES string of the molecule is Cc1cccc(Br)c1NCCCBr. The van der Waals surface area contributed by atoms with Crippen molar-refractivity contribution >= 4 is 37.5 Å². The highest BCUT2D eigenvalue weighted by atomic mass is 79.9. The number of aryl methyl sites for hydroxylation is 1. The van der Waals surface area contributed by atoms with Crippen molar-refractivity contribution in [2.45, 2.75) is 13.3 Å². The molecule has 0 heterocycles. The third kappa shape index (κ3) is 3.31. The normalized spacial score (nSPS) is 10.1. The predicted octanol–water partition coefficient (Wildman–Crippen LogP) is 3.95. The van der Waals surface area contributed by atoms with E-state index in [1.807, 2.05) is 0 Å². The van der Waals surface area contributed by atoms with Crippen molar-refractivity contribution in [1.29, 1.82) is 0 Å². The van der Waals surface area contributed by atoms with Crippen LogP contribution in [-0.2, 0) is 0 Å². The Morgan fingerprint density at radius 1 is 1.38 bits per heavy atom. The van der Waals surface area contributed by atoms with Crippen molar-refractivity contribution < 1.29 is 0 Å². The van der Waals surface area contributed by atoms with Crippen molar-refractivity contribution in [3.8, 4) is 0 Å². The van der Waals surface area contributed by atoms with Crippen molar-refractivity contribution in [2.75, 3.05) is 17.2 Å². The second-order valence-corrected chi connectivity index (χ2v) is 4.55. The lowest BCUT2D eigenvalue weighted by Gasteiger charge is -2.10. The molecule has 3 heteroatoms. The van der Waals surface area contributed by atoms with Crippen molar-refractivity contribution in [2.24, 2.45) is 0 Å². The maximum atomic E-state index is 3.52. The van der Waals surface area contributed by atoms with Gasteiger partial charge >= 0.3 is 0 Å². The molecule has 0 aromatic heterocycles. The average molecular weight is 307 g/mol. The summed E-state index contributed by atoms with van der Waals surface area (Å²) >= 11 is 6.93. The largest absolute Gasteiger partial charge is 0.384 e. The summed E-state index contributed by atoms with van der Waals surface area (Å²) in [5.74, 6) is 0. The molecule has 0 unspecified atom stereocenters. The molecule has 1 aromatic carbocycles. The zero-order chi connectivity index (χ0) is 9.68. The molecule has 0 spiro atoms. The van der Waals surface area contributed by atoms with Gasteiger partial charge in [-0.3, -0.25) is 0 Å². The smallest absolute Gasteiger partial charge is 0.0514 e. The fraction of sp³-hybridized carbons (Fsp3) is 0.400. The lowest BCUT2D eigenvalue weighted by molar-refractivity contribution is 0.995. The lowest BCUT2D eigenvalue weighted by Crippen LogP contribution is -2.03. The van der Waals surface area contributed by atoms with E-state index in [-0.39, 0.29) is 0 Å². The number of benzene rings is 1. The molecule has 1 rings (SSSR count).